The largest absolute Gasteiger partial charge is 0.417 e. The predicted molar refractivity (Wildman–Crippen MR) is 67.6 cm³/mol. The Morgan fingerprint density at radius 3 is 2.30 bits per heavy atom. The summed E-state index contributed by atoms with van der Waals surface area (Å²) in [5, 5.41) is 8.79. The van der Waals surface area contributed by atoms with Gasteiger partial charge in [-0.25, -0.2) is 0 Å². The summed E-state index contributed by atoms with van der Waals surface area (Å²) in [4.78, 5) is 11.3. The lowest BCUT2D eigenvalue weighted by atomic mass is 9.82. The Labute approximate surface area is 115 Å². The Bertz CT molecular complexity index is 583. The summed E-state index contributed by atoms with van der Waals surface area (Å²) in [6.07, 6.45) is -4.52. The van der Waals surface area contributed by atoms with Gasteiger partial charge in [0.2, 0.25) is 5.91 Å². The second kappa shape index (κ2) is 5.16. The molecule has 0 aliphatic heterocycles. The SMILES string of the molecule is Cc1c(CC(C)(C)C(N)=O)ccc(C#N)c1C(F)(F)F. The number of carbonyl (C=O) groups excluding carboxylic acids is 1. The van der Waals surface area contributed by atoms with E-state index in [1.807, 2.05) is 0 Å². The van der Waals surface area contributed by atoms with Crippen LogP contribution in [0.2, 0.25) is 0 Å². The molecule has 1 aromatic rings. The minimum atomic E-state index is -4.61. The van der Waals surface area contributed by atoms with Crippen LogP contribution in [0.3, 0.4) is 0 Å². The summed E-state index contributed by atoms with van der Waals surface area (Å²) in [7, 11) is 0. The molecule has 0 atom stereocenters. The third kappa shape index (κ3) is 3.10. The molecular weight excluding hydrogens is 269 g/mol. The van der Waals surface area contributed by atoms with Gasteiger partial charge in [0.25, 0.3) is 0 Å². The van der Waals surface area contributed by atoms with E-state index in [1.54, 1.807) is 19.9 Å². The first-order chi connectivity index (χ1) is 9.00. The second-order valence-corrected chi connectivity index (χ2v) is 5.31. The molecule has 0 fully saturated rings. The molecule has 0 heterocycles. The van der Waals surface area contributed by atoms with Gasteiger partial charge in [0, 0.05) is 5.41 Å². The number of halogens is 3. The van der Waals surface area contributed by atoms with E-state index in [1.165, 1.54) is 13.0 Å². The molecule has 6 heteroatoms. The molecule has 0 saturated heterocycles. The summed E-state index contributed by atoms with van der Waals surface area (Å²) in [6, 6.07) is 4.11. The minimum absolute atomic E-state index is 0.0362. The second-order valence-electron chi connectivity index (χ2n) is 5.31. The number of benzene rings is 1. The van der Waals surface area contributed by atoms with Gasteiger partial charge >= 0.3 is 6.18 Å². The normalized spacial score (nSPS) is 12.1. The van der Waals surface area contributed by atoms with Gasteiger partial charge in [0.1, 0.15) is 0 Å². The number of nitrogens with zero attached hydrogens (tertiary/aromatic N) is 1. The van der Waals surface area contributed by atoms with Crippen LogP contribution in [0, 0.1) is 23.7 Å². The van der Waals surface area contributed by atoms with Crippen molar-refractivity contribution in [2.75, 3.05) is 0 Å². The molecule has 0 spiro atoms. The maximum Gasteiger partial charge on any atom is 0.417 e. The van der Waals surface area contributed by atoms with Gasteiger partial charge < -0.3 is 5.73 Å². The zero-order valence-electron chi connectivity index (χ0n) is 11.4. The smallest absolute Gasteiger partial charge is 0.369 e. The fourth-order valence-electron chi connectivity index (χ4n) is 1.97. The number of alkyl halides is 3. The number of nitriles is 1. The van der Waals surface area contributed by atoms with Crippen LogP contribution in [-0.4, -0.2) is 5.91 Å². The van der Waals surface area contributed by atoms with Gasteiger partial charge in [-0.15, -0.1) is 0 Å². The molecule has 1 rings (SSSR count). The lowest BCUT2D eigenvalue weighted by Crippen LogP contribution is -2.33. The molecule has 0 radical (unpaired) electrons. The maximum atomic E-state index is 13.0. The van der Waals surface area contributed by atoms with Gasteiger partial charge in [-0.05, 0) is 30.5 Å². The van der Waals surface area contributed by atoms with E-state index in [4.69, 9.17) is 11.0 Å². The van der Waals surface area contributed by atoms with Crippen molar-refractivity contribution >= 4 is 5.91 Å². The Balaban J connectivity index is 3.41. The van der Waals surface area contributed by atoms with E-state index in [2.05, 4.69) is 0 Å². The molecule has 0 aliphatic carbocycles. The molecule has 0 bridgehead atoms. The number of rotatable bonds is 3. The minimum Gasteiger partial charge on any atom is -0.369 e. The van der Waals surface area contributed by atoms with Crippen molar-refractivity contribution in [2.45, 2.75) is 33.4 Å². The van der Waals surface area contributed by atoms with E-state index < -0.39 is 28.6 Å². The first-order valence-electron chi connectivity index (χ1n) is 5.90. The Morgan fingerprint density at radius 1 is 1.35 bits per heavy atom. The van der Waals surface area contributed by atoms with Crippen LogP contribution < -0.4 is 5.73 Å². The Morgan fingerprint density at radius 2 is 1.90 bits per heavy atom. The standard InChI is InChI=1S/C14H15F3N2O/c1-8-9(6-13(2,3)12(19)20)4-5-10(7-18)11(8)14(15,16)17/h4-5H,6H2,1-3H3,(H2,19,20). The van der Waals surface area contributed by atoms with E-state index in [-0.39, 0.29) is 12.0 Å². The van der Waals surface area contributed by atoms with Crippen LogP contribution in [0.25, 0.3) is 0 Å². The highest BCUT2D eigenvalue weighted by molar-refractivity contribution is 5.80. The van der Waals surface area contributed by atoms with Crippen molar-refractivity contribution in [3.8, 4) is 6.07 Å². The third-order valence-electron chi connectivity index (χ3n) is 3.28. The zero-order chi connectivity index (χ0) is 15.7. The number of hydrogen-bond donors (Lipinski definition) is 1. The molecule has 108 valence electrons. The quantitative estimate of drug-likeness (QED) is 0.927. The molecule has 3 nitrogen and oxygen atoms in total. The number of amides is 1. The van der Waals surface area contributed by atoms with Gasteiger partial charge in [-0.2, -0.15) is 18.4 Å². The van der Waals surface area contributed by atoms with Crippen molar-refractivity contribution in [3.05, 3.63) is 34.4 Å². The number of nitrogens with two attached hydrogens (primary N) is 1. The molecule has 1 amide bonds. The first kappa shape index (κ1) is 16.0. The lowest BCUT2D eigenvalue weighted by molar-refractivity contribution is -0.138. The van der Waals surface area contributed by atoms with Crippen molar-refractivity contribution in [2.24, 2.45) is 11.1 Å². The maximum absolute atomic E-state index is 13.0. The summed E-state index contributed by atoms with van der Waals surface area (Å²) in [5.74, 6) is -0.588. The zero-order valence-corrected chi connectivity index (χ0v) is 11.4. The highest BCUT2D eigenvalue weighted by Crippen LogP contribution is 2.37. The average Bonchev–Trinajstić information content (AvgIpc) is 2.29. The topological polar surface area (TPSA) is 66.9 Å². The molecule has 0 saturated carbocycles. The van der Waals surface area contributed by atoms with E-state index in [9.17, 15) is 18.0 Å². The van der Waals surface area contributed by atoms with Gasteiger partial charge in [0.05, 0.1) is 17.2 Å². The summed E-state index contributed by atoms with van der Waals surface area (Å²) in [5.41, 5.74) is 3.24. The Hall–Kier alpha value is -2.03. The Kier molecular flexibility index (Phi) is 4.13. The first-order valence-corrected chi connectivity index (χ1v) is 5.90. The molecule has 0 aromatic heterocycles. The van der Waals surface area contributed by atoms with Crippen molar-refractivity contribution in [1.29, 1.82) is 5.26 Å². The van der Waals surface area contributed by atoms with Crippen LogP contribution in [0.5, 0.6) is 0 Å². The average molecular weight is 284 g/mol. The van der Waals surface area contributed by atoms with Gasteiger partial charge in [0.15, 0.2) is 0 Å². The molecule has 2 N–H and O–H groups in total. The lowest BCUT2D eigenvalue weighted by Gasteiger charge is -2.23. The third-order valence-corrected chi connectivity index (χ3v) is 3.28. The number of carbonyl (C=O) groups is 1. The summed E-state index contributed by atoms with van der Waals surface area (Å²) >= 11 is 0. The van der Waals surface area contributed by atoms with Crippen LogP contribution >= 0.6 is 0 Å². The van der Waals surface area contributed by atoms with Crippen LogP contribution in [0.1, 0.15) is 36.1 Å². The molecule has 20 heavy (non-hydrogen) atoms. The van der Waals surface area contributed by atoms with E-state index >= 15 is 0 Å². The predicted octanol–water partition coefficient (Wildman–Crippen LogP) is 2.94. The van der Waals surface area contributed by atoms with Crippen LogP contribution in [-0.2, 0) is 17.4 Å². The summed E-state index contributed by atoms with van der Waals surface area (Å²) < 4.78 is 39.1. The van der Waals surface area contributed by atoms with Gasteiger partial charge in [-0.1, -0.05) is 19.9 Å². The van der Waals surface area contributed by atoms with Crippen molar-refractivity contribution in [3.63, 3.8) is 0 Å². The van der Waals surface area contributed by atoms with E-state index in [0.717, 1.165) is 6.07 Å². The monoisotopic (exact) mass is 284 g/mol. The highest BCUT2D eigenvalue weighted by Gasteiger charge is 2.37. The fraction of sp³-hybridized carbons (Fsp3) is 0.429. The highest BCUT2D eigenvalue weighted by atomic mass is 19.4. The summed E-state index contributed by atoms with van der Waals surface area (Å²) in [6.45, 7) is 4.44. The van der Waals surface area contributed by atoms with E-state index in [0.29, 0.717) is 5.56 Å². The molecule has 0 unspecified atom stereocenters. The number of hydrogen-bond acceptors (Lipinski definition) is 2. The van der Waals surface area contributed by atoms with Crippen LogP contribution in [0.4, 0.5) is 13.2 Å². The molecule has 1 aromatic carbocycles. The van der Waals surface area contributed by atoms with Gasteiger partial charge in [-0.3, -0.25) is 4.79 Å². The van der Waals surface area contributed by atoms with Crippen molar-refractivity contribution < 1.29 is 18.0 Å². The molecule has 0 aliphatic rings. The number of primary amides is 1. The van der Waals surface area contributed by atoms with Crippen LogP contribution in [0.15, 0.2) is 12.1 Å². The molecular formula is C14H15F3N2O. The van der Waals surface area contributed by atoms with Crippen molar-refractivity contribution in [1.82, 2.24) is 0 Å². The fourth-order valence-corrected chi connectivity index (χ4v) is 1.97.